The van der Waals surface area contributed by atoms with E-state index in [4.69, 9.17) is 11.6 Å². The highest BCUT2D eigenvalue weighted by Crippen LogP contribution is 2.38. The number of fused-ring (bicyclic) bond motifs is 1. The summed E-state index contributed by atoms with van der Waals surface area (Å²) in [7, 11) is 0. The summed E-state index contributed by atoms with van der Waals surface area (Å²) in [6, 6.07) is 3.57. The van der Waals surface area contributed by atoms with Gasteiger partial charge in [0.2, 0.25) is 0 Å². The molecule has 1 fully saturated rings. The van der Waals surface area contributed by atoms with Crippen molar-refractivity contribution in [1.82, 2.24) is 14.8 Å². The Kier molecular flexibility index (Phi) is 4.41. The minimum absolute atomic E-state index is 0.220. The van der Waals surface area contributed by atoms with Crippen molar-refractivity contribution in [3.8, 4) is 0 Å². The lowest BCUT2D eigenvalue weighted by atomic mass is 9.93. The van der Waals surface area contributed by atoms with E-state index in [1.807, 2.05) is 17.9 Å². The van der Waals surface area contributed by atoms with Crippen molar-refractivity contribution in [2.24, 2.45) is 5.92 Å². The van der Waals surface area contributed by atoms with Crippen molar-refractivity contribution in [3.63, 3.8) is 0 Å². The highest BCUT2D eigenvalue weighted by atomic mass is 35.5. The van der Waals surface area contributed by atoms with Crippen LogP contribution in [0.1, 0.15) is 25.3 Å². The molecule has 3 heterocycles. The molecule has 3 rings (SSSR count). The maximum atomic E-state index is 11.6. The number of nitro groups is 1. The first-order valence-electron chi connectivity index (χ1n) is 7.70. The average molecular weight is 339 g/mol. The SMILES string of the molecule is CCC1CC(O)N2CCN(Cc3ccc(Cl)nc3)C2=C1[N+](=O)[O-]. The van der Waals surface area contributed by atoms with E-state index in [9.17, 15) is 15.2 Å². The molecule has 0 spiro atoms. The Morgan fingerprint density at radius 3 is 2.87 bits per heavy atom. The van der Waals surface area contributed by atoms with Crippen LogP contribution in [-0.4, -0.2) is 44.1 Å². The molecule has 1 aromatic heterocycles. The highest BCUT2D eigenvalue weighted by Gasteiger charge is 2.45. The third-order valence-corrected chi connectivity index (χ3v) is 4.73. The van der Waals surface area contributed by atoms with Gasteiger partial charge in [0, 0.05) is 32.3 Å². The zero-order valence-corrected chi connectivity index (χ0v) is 13.6. The minimum Gasteiger partial charge on any atom is -0.374 e. The molecule has 0 bridgehead atoms. The molecule has 0 amide bonds. The summed E-state index contributed by atoms with van der Waals surface area (Å²) in [5.74, 6) is 0.325. The minimum atomic E-state index is -0.660. The number of allylic oxidation sites excluding steroid dienone is 1. The molecule has 2 aliphatic rings. The summed E-state index contributed by atoms with van der Waals surface area (Å²) in [6.07, 6.45) is 2.06. The fourth-order valence-electron chi connectivity index (χ4n) is 3.36. The number of hydrogen-bond donors (Lipinski definition) is 1. The molecule has 2 unspecified atom stereocenters. The van der Waals surface area contributed by atoms with Gasteiger partial charge in [-0.15, -0.1) is 0 Å². The van der Waals surface area contributed by atoms with Gasteiger partial charge in [0.05, 0.1) is 10.8 Å². The van der Waals surface area contributed by atoms with Crippen LogP contribution in [0, 0.1) is 16.0 Å². The molecule has 2 aliphatic heterocycles. The Labute approximate surface area is 139 Å². The molecule has 0 aliphatic carbocycles. The van der Waals surface area contributed by atoms with Crippen molar-refractivity contribution in [2.75, 3.05) is 13.1 Å². The molecule has 8 heteroatoms. The fraction of sp³-hybridized carbons (Fsp3) is 0.533. The van der Waals surface area contributed by atoms with Gasteiger partial charge in [0.25, 0.3) is 5.70 Å². The third-order valence-electron chi connectivity index (χ3n) is 4.50. The van der Waals surface area contributed by atoms with Crippen LogP contribution in [0.15, 0.2) is 29.8 Å². The summed E-state index contributed by atoms with van der Waals surface area (Å²) in [4.78, 5) is 19.1. The lowest BCUT2D eigenvalue weighted by Gasteiger charge is -2.35. The number of rotatable bonds is 4. The molecular formula is C15H19ClN4O3. The first-order valence-corrected chi connectivity index (χ1v) is 8.07. The molecule has 1 N–H and O–H groups in total. The van der Waals surface area contributed by atoms with Crippen LogP contribution in [0.25, 0.3) is 0 Å². The topological polar surface area (TPSA) is 82.7 Å². The molecule has 23 heavy (non-hydrogen) atoms. The van der Waals surface area contributed by atoms with Crippen LogP contribution < -0.4 is 0 Å². The standard InChI is InChI=1S/C15H19ClN4O3/c1-2-11-7-13(21)19-6-5-18(15(19)14(11)20(22)23)9-10-3-4-12(16)17-8-10/h3-4,8,11,13,21H,2,5-7,9H2,1H3. The van der Waals surface area contributed by atoms with Crippen LogP contribution >= 0.6 is 11.6 Å². The van der Waals surface area contributed by atoms with Crippen LogP contribution in [0.3, 0.4) is 0 Å². The van der Waals surface area contributed by atoms with E-state index in [1.54, 1.807) is 17.2 Å². The van der Waals surface area contributed by atoms with Gasteiger partial charge in [-0.3, -0.25) is 10.1 Å². The van der Waals surface area contributed by atoms with Crippen LogP contribution in [0.2, 0.25) is 5.15 Å². The van der Waals surface area contributed by atoms with Gasteiger partial charge in [-0.1, -0.05) is 24.6 Å². The first kappa shape index (κ1) is 16.0. The molecule has 0 radical (unpaired) electrons. The van der Waals surface area contributed by atoms with Gasteiger partial charge in [0.15, 0.2) is 5.82 Å². The molecule has 1 aromatic rings. The quantitative estimate of drug-likeness (QED) is 0.514. The van der Waals surface area contributed by atoms with Gasteiger partial charge >= 0.3 is 0 Å². The third kappa shape index (κ3) is 2.98. The van der Waals surface area contributed by atoms with Crippen LogP contribution in [0.5, 0.6) is 0 Å². The van der Waals surface area contributed by atoms with Gasteiger partial charge in [-0.25, -0.2) is 4.98 Å². The van der Waals surface area contributed by atoms with E-state index in [1.165, 1.54) is 0 Å². The molecule has 124 valence electrons. The van der Waals surface area contributed by atoms with Crippen LogP contribution in [0.4, 0.5) is 0 Å². The summed E-state index contributed by atoms with van der Waals surface area (Å²) in [5.41, 5.74) is 1.15. The molecule has 0 saturated carbocycles. The average Bonchev–Trinajstić information content (AvgIpc) is 2.93. The van der Waals surface area contributed by atoms with E-state index in [-0.39, 0.29) is 16.5 Å². The largest absolute Gasteiger partial charge is 0.374 e. The molecule has 2 atom stereocenters. The molecule has 1 saturated heterocycles. The second kappa shape index (κ2) is 6.33. The summed E-state index contributed by atoms with van der Waals surface area (Å²) in [5, 5.41) is 22.3. The maximum Gasteiger partial charge on any atom is 0.289 e. The lowest BCUT2D eigenvalue weighted by molar-refractivity contribution is -0.440. The van der Waals surface area contributed by atoms with Gasteiger partial charge < -0.3 is 14.9 Å². The summed E-state index contributed by atoms with van der Waals surface area (Å²) >= 11 is 5.80. The number of aliphatic hydroxyl groups excluding tert-OH is 1. The number of halogens is 1. The second-order valence-electron chi connectivity index (χ2n) is 5.89. The number of aromatic nitrogens is 1. The van der Waals surface area contributed by atoms with E-state index >= 15 is 0 Å². The molecule has 7 nitrogen and oxygen atoms in total. The van der Waals surface area contributed by atoms with Crippen LogP contribution in [-0.2, 0) is 6.54 Å². The van der Waals surface area contributed by atoms with Gasteiger partial charge in [-0.2, -0.15) is 0 Å². The number of hydrogen-bond acceptors (Lipinski definition) is 6. The normalized spacial score (nSPS) is 24.1. The monoisotopic (exact) mass is 338 g/mol. The maximum absolute atomic E-state index is 11.6. The Hall–Kier alpha value is -1.86. The molecular weight excluding hydrogens is 320 g/mol. The zero-order chi connectivity index (χ0) is 16.6. The summed E-state index contributed by atoms with van der Waals surface area (Å²) in [6.45, 7) is 3.66. The van der Waals surface area contributed by atoms with Crippen molar-refractivity contribution in [2.45, 2.75) is 32.5 Å². The Morgan fingerprint density at radius 2 is 2.26 bits per heavy atom. The Bertz CT molecular complexity index is 634. The smallest absolute Gasteiger partial charge is 0.289 e. The molecule has 0 aromatic carbocycles. The number of nitrogens with zero attached hydrogens (tertiary/aromatic N) is 4. The van der Waals surface area contributed by atoms with Crippen molar-refractivity contribution >= 4 is 11.6 Å². The van der Waals surface area contributed by atoms with Crippen molar-refractivity contribution < 1.29 is 10.0 Å². The predicted octanol–water partition coefficient (Wildman–Crippen LogP) is 2.05. The number of aliphatic hydroxyl groups is 1. The number of pyridine rings is 1. The van der Waals surface area contributed by atoms with E-state index < -0.39 is 6.23 Å². The van der Waals surface area contributed by atoms with E-state index in [2.05, 4.69) is 4.98 Å². The highest BCUT2D eigenvalue weighted by molar-refractivity contribution is 6.29. The zero-order valence-electron chi connectivity index (χ0n) is 12.9. The van der Waals surface area contributed by atoms with Crippen molar-refractivity contribution in [3.05, 3.63) is 50.7 Å². The summed E-state index contributed by atoms with van der Waals surface area (Å²) < 4.78 is 0. The lowest BCUT2D eigenvalue weighted by Crippen LogP contribution is -2.42. The predicted molar refractivity (Wildman–Crippen MR) is 84.8 cm³/mol. The van der Waals surface area contributed by atoms with E-state index in [0.29, 0.717) is 43.4 Å². The fourth-order valence-corrected chi connectivity index (χ4v) is 3.47. The van der Waals surface area contributed by atoms with E-state index in [0.717, 1.165) is 5.56 Å². The van der Waals surface area contributed by atoms with Gasteiger partial charge in [0.1, 0.15) is 11.4 Å². The Balaban J connectivity index is 1.95. The van der Waals surface area contributed by atoms with Gasteiger partial charge in [-0.05, 0) is 18.1 Å². The van der Waals surface area contributed by atoms with Crippen molar-refractivity contribution in [1.29, 1.82) is 0 Å². The first-order chi connectivity index (χ1) is 11.0. The Morgan fingerprint density at radius 1 is 1.48 bits per heavy atom. The second-order valence-corrected chi connectivity index (χ2v) is 6.28.